The molecule has 0 spiro atoms. The van der Waals surface area contributed by atoms with Gasteiger partial charge in [-0.15, -0.1) is 10.2 Å². The summed E-state index contributed by atoms with van der Waals surface area (Å²) in [5.41, 5.74) is 1.41. The molecule has 4 rings (SSSR count). The second-order valence-corrected chi connectivity index (χ2v) is 5.46. The molecule has 3 heterocycles. The van der Waals surface area contributed by atoms with Gasteiger partial charge in [0.2, 0.25) is 5.89 Å². The fraction of sp³-hybridized carbons (Fsp3) is 0.125. The molecule has 0 bridgehead atoms. The zero-order valence-electron chi connectivity index (χ0n) is 13.0. The van der Waals surface area contributed by atoms with Crippen molar-refractivity contribution < 1.29 is 17.6 Å². The van der Waals surface area contributed by atoms with E-state index in [-0.39, 0.29) is 12.4 Å². The van der Waals surface area contributed by atoms with E-state index in [2.05, 4.69) is 20.2 Å². The third kappa shape index (κ3) is 2.85. The molecule has 0 fully saturated rings. The number of H-pyrrole nitrogens is 1. The number of rotatable bonds is 4. The summed E-state index contributed by atoms with van der Waals surface area (Å²) in [5, 5.41) is 6.79. The van der Waals surface area contributed by atoms with Gasteiger partial charge >= 0.3 is 12.1 Å². The van der Waals surface area contributed by atoms with Crippen LogP contribution in [0.5, 0.6) is 0 Å². The topological polar surface area (TPSA) is 89.6 Å². The predicted octanol–water partition coefficient (Wildman–Crippen LogP) is 2.90. The van der Waals surface area contributed by atoms with Crippen LogP contribution in [0.3, 0.4) is 0 Å². The van der Waals surface area contributed by atoms with E-state index in [1.54, 1.807) is 12.1 Å². The minimum Gasteiger partial charge on any atom is -0.415 e. The first-order valence-corrected chi connectivity index (χ1v) is 7.46. The smallest absolute Gasteiger partial charge is 0.326 e. The highest BCUT2D eigenvalue weighted by molar-refractivity contribution is 5.75. The molecular formula is C16H10F3N5O2. The number of benzene rings is 1. The number of aromatic nitrogens is 5. The van der Waals surface area contributed by atoms with E-state index in [1.807, 2.05) is 0 Å². The van der Waals surface area contributed by atoms with Crippen molar-refractivity contribution >= 4 is 11.0 Å². The fourth-order valence-corrected chi connectivity index (χ4v) is 2.53. The van der Waals surface area contributed by atoms with E-state index in [9.17, 15) is 18.0 Å². The Balaban J connectivity index is 1.63. The highest BCUT2D eigenvalue weighted by Crippen LogP contribution is 2.23. The first-order valence-electron chi connectivity index (χ1n) is 7.46. The Bertz CT molecular complexity index is 1130. The molecule has 0 amide bonds. The molecule has 4 aromatic rings. The van der Waals surface area contributed by atoms with E-state index < -0.39 is 23.8 Å². The Morgan fingerprint density at radius 3 is 2.73 bits per heavy atom. The molecule has 7 nitrogen and oxygen atoms in total. The lowest BCUT2D eigenvalue weighted by Gasteiger charge is -2.04. The fourth-order valence-electron chi connectivity index (χ4n) is 2.53. The summed E-state index contributed by atoms with van der Waals surface area (Å²) < 4.78 is 44.6. The lowest BCUT2D eigenvalue weighted by molar-refractivity contribution is 0.116. The molecule has 0 aliphatic heterocycles. The molecule has 0 aliphatic rings. The van der Waals surface area contributed by atoms with Crippen LogP contribution in [0.15, 0.2) is 45.7 Å². The van der Waals surface area contributed by atoms with Gasteiger partial charge in [-0.05, 0) is 30.3 Å². The Morgan fingerprint density at radius 2 is 2.04 bits per heavy atom. The predicted molar refractivity (Wildman–Crippen MR) is 84.1 cm³/mol. The zero-order valence-corrected chi connectivity index (χ0v) is 13.0. The van der Waals surface area contributed by atoms with Gasteiger partial charge in [-0.25, -0.2) is 9.18 Å². The van der Waals surface area contributed by atoms with Crippen molar-refractivity contribution in [1.29, 1.82) is 0 Å². The lowest BCUT2D eigenvalue weighted by Crippen LogP contribution is -2.17. The Hall–Kier alpha value is -3.43. The summed E-state index contributed by atoms with van der Waals surface area (Å²) in [4.78, 5) is 18.9. The molecule has 0 aliphatic carbocycles. The average Bonchev–Trinajstić information content (AvgIpc) is 3.22. The molecule has 0 unspecified atom stereocenters. The number of alkyl halides is 2. The maximum atomic E-state index is 13.4. The van der Waals surface area contributed by atoms with Crippen molar-refractivity contribution in [1.82, 2.24) is 24.7 Å². The molecule has 1 aromatic carbocycles. The quantitative estimate of drug-likeness (QED) is 0.604. The number of halogens is 3. The van der Waals surface area contributed by atoms with Crippen molar-refractivity contribution in [3.8, 4) is 11.5 Å². The molecule has 26 heavy (non-hydrogen) atoms. The number of fused-ring (bicyclic) bond motifs is 1. The van der Waals surface area contributed by atoms with Gasteiger partial charge in [-0.2, -0.15) is 8.78 Å². The standard InChI is InChI=1S/C16H10F3N5O2/c17-9-2-4-11-12(5-9)24(16(25)21-11)7-10-3-1-8(6-20-10)14-22-23-15(26-14)13(18)19/h1-6,13H,7H2,(H,21,25). The van der Waals surface area contributed by atoms with Gasteiger partial charge in [0.05, 0.1) is 28.8 Å². The molecule has 132 valence electrons. The van der Waals surface area contributed by atoms with E-state index >= 15 is 0 Å². The monoisotopic (exact) mass is 361 g/mol. The lowest BCUT2D eigenvalue weighted by atomic mass is 10.2. The van der Waals surface area contributed by atoms with Gasteiger partial charge in [0.25, 0.3) is 5.89 Å². The van der Waals surface area contributed by atoms with Crippen LogP contribution in [0.2, 0.25) is 0 Å². The Kier molecular flexibility index (Phi) is 3.79. The maximum Gasteiger partial charge on any atom is 0.326 e. The maximum absolute atomic E-state index is 13.4. The van der Waals surface area contributed by atoms with Crippen molar-refractivity contribution in [2.75, 3.05) is 0 Å². The number of hydrogen-bond acceptors (Lipinski definition) is 5. The number of pyridine rings is 1. The van der Waals surface area contributed by atoms with Crippen LogP contribution in [0.1, 0.15) is 18.0 Å². The van der Waals surface area contributed by atoms with Crippen molar-refractivity contribution in [3.63, 3.8) is 0 Å². The minimum absolute atomic E-state index is 0.0781. The van der Waals surface area contributed by atoms with E-state index in [1.165, 1.54) is 29.0 Å². The van der Waals surface area contributed by atoms with Crippen LogP contribution in [0.25, 0.3) is 22.5 Å². The molecular weight excluding hydrogens is 351 g/mol. The number of imidazole rings is 1. The van der Waals surface area contributed by atoms with Gasteiger partial charge < -0.3 is 9.40 Å². The average molecular weight is 361 g/mol. The second kappa shape index (κ2) is 6.14. The van der Waals surface area contributed by atoms with Crippen molar-refractivity contribution in [3.05, 3.63) is 64.4 Å². The van der Waals surface area contributed by atoms with Gasteiger partial charge in [-0.1, -0.05) is 0 Å². The Labute approximate surface area is 143 Å². The van der Waals surface area contributed by atoms with Gasteiger partial charge in [-0.3, -0.25) is 9.55 Å². The summed E-state index contributed by atoms with van der Waals surface area (Å²) in [7, 11) is 0. The number of aromatic amines is 1. The third-order valence-electron chi connectivity index (χ3n) is 3.76. The largest absolute Gasteiger partial charge is 0.415 e. The van der Waals surface area contributed by atoms with Crippen LogP contribution in [0.4, 0.5) is 13.2 Å². The number of hydrogen-bond donors (Lipinski definition) is 1. The SMILES string of the molecule is O=c1[nH]c2ccc(F)cc2n1Cc1ccc(-c2nnc(C(F)F)o2)cn1. The highest BCUT2D eigenvalue weighted by Gasteiger charge is 2.17. The van der Waals surface area contributed by atoms with Crippen molar-refractivity contribution in [2.24, 2.45) is 0 Å². The van der Waals surface area contributed by atoms with Crippen LogP contribution in [0, 0.1) is 5.82 Å². The molecule has 1 N–H and O–H groups in total. The highest BCUT2D eigenvalue weighted by atomic mass is 19.3. The van der Waals surface area contributed by atoms with Crippen LogP contribution in [-0.4, -0.2) is 24.7 Å². The van der Waals surface area contributed by atoms with Gasteiger partial charge in [0.1, 0.15) is 5.82 Å². The van der Waals surface area contributed by atoms with Crippen LogP contribution in [-0.2, 0) is 6.54 Å². The van der Waals surface area contributed by atoms with Crippen molar-refractivity contribution in [2.45, 2.75) is 13.0 Å². The van der Waals surface area contributed by atoms with Crippen LogP contribution < -0.4 is 5.69 Å². The molecule has 0 atom stereocenters. The van der Waals surface area contributed by atoms with E-state index in [0.29, 0.717) is 22.3 Å². The normalized spacial score (nSPS) is 11.5. The second-order valence-electron chi connectivity index (χ2n) is 5.46. The van der Waals surface area contributed by atoms with E-state index in [0.717, 1.165) is 0 Å². The minimum atomic E-state index is -2.85. The molecule has 0 saturated carbocycles. The third-order valence-corrected chi connectivity index (χ3v) is 3.76. The number of nitrogens with one attached hydrogen (secondary N) is 1. The summed E-state index contributed by atoms with van der Waals surface area (Å²) in [6.45, 7) is 0.106. The number of nitrogens with zero attached hydrogens (tertiary/aromatic N) is 4. The Morgan fingerprint density at radius 1 is 1.19 bits per heavy atom. The zero-order chi connectivity index (χ0) is 18.3. The summed E-state index contributed by atoms with van der Waals surface area (Å²) >= 11 is 0. The first kappa shape index (κ1) is 16.1. The van der Waals surface area contributed by atoms with Gasteiger partial charge in [0.15, 0.2) is 0 Å². The molecule has 3 aromatic heterocycles. The molecule has 0 radical (unpaired) electrons. The van der Waals surface area contributed by atoms with Gasteiger partial charge in [0, 0.05) is 6.20 Å². The molecule has 10 heteroatoms. The molecule has 0 saturated heterocycles. The summed E-state index contributed by atoms with van der Waals surface area (Å²) in [6.07, 6.45) is -1.48. The first-order chi connectivity index (χ1) is 12.5. The van der Waals surface area contributed by atoms with E-state index in [4.69, 9.17) is 4.42 Å². The summed E-state index contributed by atoms with van der Waals surface area (Å²) in [6, 6.07) is 7.15. The van der Waals surface area contributed by atoms with Crippen LogP contribution >= 0.6 is 0 Å². The summed E-state index contributed by atoms with van der Waals surface area (Å²) in [5.74, 6) is -1.30.